The standard InChI is InChI=1S/C21H32N4O/c1-16(19-15-17-5-6-18(19)14-17)23-21(26)7-9-24-10-12-25(13-11-24)20-4-2-3-8-22-20/h2-4,8,16-19H,5-7,9-15H2,1H3,(H,23,26)/t16-,17-,18-,19-/m0/s1. The van der Waals surface area contributed by atoms with Gasteiger partial charge in [-0.3, -0.25) is 9.69 Å². The zero-order valence-electron chi connectivity index (χ0n) is 15.9. The average Bonchev–Trinajstić information content (AvgIpc) is 3.31. The third kappa shape index (κ3) is 4.03. The second-order valence-electron chi connectivity index (χ2n) is 8.46. The summed E-state index contributed by atoms with van der Waals surface area (Å²) in [6, 6.07) is 6.41. The molecular weight excluding hydrogens is 324 g/mol. The lowest BCUT2D eigenvalue weighted by molar-refractivity contribution is -0.122. The van der Waals surface area contributed by atoms with Crippen LogP contribution in [0.15, 0.2) is 24.4 Å². The summed E-state index contributed by atoms with van der Waals surface area (Å²) in [6.45, 7) is 7.07. The minimum atomic E-state index is 0.229. The molecule has 0 radical (unpaired) electrons. The van der Waals surface area contributed by atoms with Gasteiger partial charge in [0, 0.05) is 51.4 Å². The summed E-state index contributed by atoms with van der Waals surface area (Å²) in [5.41, 5.74) is 0. The maximum atomic E-state index is 12.4. The zero-order chi connectivity index (χ0) is 17.9. The lowest BCUT2D eigenvalue weighted by atomic mass is 9.84. The average molecular weight is 357 g/mol. The first-order valence-corrected chi connectivity index (χ1v) is 10.4. The molecule has 5 heteroatoms. The Bertz CT molecular complexity index is 599. The van der Waals surface area contributed by atoms with Crippen molar-refractivity contribution in [1.29, 1.82) is 0 Å². The van der Waals surface area contributed by atoms with Crippen molar-refractivity contribution in [3.63, 3.8) is 0 Å². The SMILES string of the molecule is C[C@H](NC(=O)CCN1CCN(c2ccccn2)CC1)[C@@H]1C[C@H]2CC[C@H]1C2. The second-order valence-corrected chi connectivity index (χ2v) is 8.46. The summed E-state index contributed by atoms with van der Waals surface area (Å²) >= 11 is 0. The molecule has 5 nitrogen and oxygen atoms in total. The van der Waals surface area contributed by atoms with Crippen LogP contribution in [-0.4, -0.2) is 54.6 Å². The largest absolute Gasteiger partial charge is 0.354 e. The Labute approximate surface area is 157 Å². The van der Waals surface area contributed by atoms with Gasteiger partial charge >= 0.3 is 0 Å². The monoisotopic (exact) mass is 356 g/mol. The van der Waals surface area contributed by atoms with Crippen LogP contribution >= 0.6 is 0 Å². The fourth-order valence-corrected chi connectivity index (χ4v) is 5.34. The molecule has 2 bridgehead atoms. The smallest absolute Gasteiger partial charge is 0.221 e. The van der Waals surface area contributed by atoms with Crippen molar-refractivity contribution in [2.24, 2.45) is 17.8 Å². The first kappa shape index (κ1) is 17.8. The van der Waals surface area contributed by atoms with Gasteiger partial charge in [-0.2, -0.15) is 0 Å². The minimum Gasteiger partial charge on any atom is -0.354 e. The molecule has 1 N–H and O–H groups in total. The van der Waals surface area contributed by atoms with Gasteiger partial charge in [-0.25, -0.2) is 4.98 Å². The van der Waals surface area contributed by atoms with Gasteiger partial charge in [-0.1, -0.05) is 12.5 Å². The third-order valence-corrected chi connectivity index (χ3v) is 6.82. The number of nitrogens with zero attached hydrogens (tertiary/aromatic N) is 3. The molecule has 2 heterocycles. The van der Waals surface area contributed by atoms with Crippen molar-refractivity contribution in [2.75, 3.05) is 37.6 Å². The van der Waals surface area contributed by atoms with Gasteiger partial charge in [0.15, 0.2) is 0 Å². The fraction of sp³-hybridized carbons (Fsp3) is 0.714. The Morgan fingerprint density at radius 2 is 2.08 bits per heavy atom. The van der Waals surface area contributed by atoms with Crippen LogP contribution in [0.2, 0.25) is 0 Å². The van der Waals surface area contributed by atoms with Crippen molar-refractivity contribution in [3.05, 3.63) is 24.4 Å². The van der Waals surface area contributed by atoms with E-state index < -0.39 is 0 Å². The van der Waals surface area contributed by atoms with Crippen LogP contribution in [-0.2, 0) is 4.79 Å². The van der Waals surface area contributed by atoms with Crippen LogP contribution in [0.4, 0.5) is 5.82 Å². The van der Waals surface area contributed by atoms with E-state index in [2.05, 4.69) is 33.1 Å². The van der Waals surface area contributed by atoms with Gasteiger partial charge in [-0.15, -0.1) is 0 Å². The van der Waals surface area contributed by atoms with E-state index in [1.165, 1.54) is 25.7 Å². The number of fused-ring (bicyclic) bond motifs is 2. The highest BCUT2D eigenvalue weighted by atomic mass is 16.1. The second kappa shape index (κ2) is 7.95. The molecule has 3 fully saturated rings. The lowest BCUT2D eigenvalue weighted by Gasteiger charge is -2.35. The third-order valence-electron chi connectivity index (χ3n) is 6.82. The van der Waals surface area contributed by atoms with E-state index in [4.69, 9.17) is 0 Å². The molecule has 4 atom stereocenters. The van der Waals surface area contributed by atoms with E-state index in [0.29, 0.717) is 12.5 Å². The number of piperazine rings is 1. The van der Waals surface area contributed by atoms with Crippen molar-refractivity contribution >= 4 is 11.7 Å². The molecule has 2 saturated carbocycles. The van der Waals surface area contributed by atoms with Crippen molar-refractivity contribution < 1.29 is 4.79 Å². The fourth-order valence-electron chi connectivity index (χ4n) is 5.34. The highest BCUT2D eigenvalue weighted by Gasteiger charge is 2.42. The highest BCUT2D eigenvalue weighted by molar-refractivity contribution is 5.76. The zero-order valence-corrected chi connectivity index (χ0v) is 15.9. The van der Waals surface area contributed by atoms with Crippen LogP contribution < -0.4 is 10.2 Å². The summed E-state index contributed by atoms with van der Waals surface area (Å²) in [5.74, 6) is 3.83. The van der Waals surface area contributed by atoms with E-state index in [-0.39, 0.29) is 5.91 Å². The maximum Gasteiger partial charge on any atom is 0.221 e. The number of anilines is 1. The molecule has 0 unspecified atom stereocenters. The van der Waals surface area contributed by atoms with Crippen LogP contribution in [0.1, 0.15) is 39.0 Å². The first-order chi connectivity index (χ1) is 12.7. The van der Waals surface area contributed by atoms with Crippen LogP contribution in [0.5, 0.6) is 0 Å². The number of nitrogens with one attached hydrogen (secondary N) is 1. The molecule has 142 valence electrons. The summed E-state index contributed by atoms with van der Waals surface area (Å²) in [7, 11) is 0. The van der Waals surface area contributed by atoms with Gasteiger partial charge in [0.25, 0.3) is 0 Å². The molecule has 3 aliphatic rings. The van der Waals surface area contributed by atoms with Crippen LogP contribution in [0.25, 0.3) is 0 Å². The van der Waals surface area contributed by atoms with E-state index in [0.717, 1.165) is 56.3 Å². The highest BCUT2D eigenvalue weighted by Crippen LogP contribution is 2.49. The summed E-state index contributed by atoms with van der Waals surface area (Å²) in [5, 5.41) is 3.29. The van der Waals surface area contributed by atoms with Gasteiger partial charge in [0.2, 0.25) is 5.91 Å². The molecule has 4 rings (SSSR count). The molecule has 1 aromatic rings. The van der Waals surface area contributed by atoms with Crippen LogP contribution in [0.3, 0.4) is 0 Å². The Balaban J connectivity index is 1.16. The molecule has 0 aromatic carbocycles. The minimum absolute atomic E-state index is 0.229. The lowest BCUT2D eigenvalue weighted by Crippen LogP contribution is -2.48. The quantitative estimate of drug-likeness (QED) is 0.851. The number of carbonyl (C=O) groups is 1. The molecule has 26 heavy (non-hydrogen) atoms. The Morgan fingerprint density at radius 1 is 1.23 bits per heavy atom. The topological polar surface area (TPSA) is 48.5 Å². The van der Waals surface area contributed by atoms with Gasteiger partial charge in [-0.05, 0) is 56.1 Å². The Kier molecular flexibility index (Phi) is 5.44. The molecule has 1 saturated heterocycles. The molecule has 1 aromatic heterocycles. The summed E-state index contributed by atoms with van der Waals surface area (Å²) in [4.78, 5) is 21.5. The molecule has 1 amide bonds. The van der Waals surface area contributed by atoms with Gasteiger partial charge in [0.05, 0.1) is 0 Å². The summed E-state index contributed by atoms with van der Waals surface area (Å²) < 4.78 is 0. The predicted molar refractivity (Wildman–Crippen MR) is 104 cm³/mol. The number of rotatable bonds is 6. The summed E-state index contributed by atoms with van der Waals surface area (Å²) in [6.07, 6.45) is 8.02. The number of hydrogen-bond acceptors (Lipinski definition) is 4. The number of carbonyl (C=O) groups excluding carboxylic acids is 1. The first-order valence-electron chi connectivity index (χ1n) is 10.4. The molecular formula is C21H32N4O. The Hall–Kier alpha value is -1.62. The van der Waals surface area contributed by atoms with Gasteiger partial charge < -0.3 is 10.2 Å². The molecule has 2 aliphatic carbocycles. The maximum absolute atomic E-state index is 12.4. The Morgan fingerprint density at radius 3 is 2.73 bits per heavy atom. The van der Waals surface area contributed by atoms with Crippen molar-refractivity contribution in [2.45, 2.75) is 45.1 Å². The number of pyridine rings is 1. The van der Waals surface area contributed by atoms with E-state index in [9.17, 15) is 4.79 Å². The van der Waals surface area contributed by atoms with Crippen molar-refractivity contribution in [3.8, 4) is 0 Å². The van der Waals surface area contributed by atoms with Crippen LogP contribution in [0, 0.1) is 17.8 Å². The van der Waals surface area contributed by atoms with E-state index in [1.807, 2.05) is 18.3 Å². The normalized spacial score (nSPS) is 29.7. The van der Waals surface area contributed by atoms with E-state index >= 15 is 0 Å². The van der Waals surface area contributed by atoms with E-state index in [1.54, 1.807) is 0 Å². The molecule has 1 aliphatic heterocycles. The van der Waals surface area contributed by atoms with Crippen molar-refractivity contribution in [1.82, 2.24) is 15.2 Å². The number of amides is 1. The number of hydrogen-bond donors (Lipinski definition) is 1. The number of aromatic nitrogens is 1. The van der Waals surface area contributed by atoms with Gasteiger partial charge in [0.1, 0.15) is 5.82 Å². The predicted octanol–water partition coefficient (Wildman–Crippen LogP) is 2.53. The molecule has 0 spiro atoms.